The first-order valence-electron chi connectivity index (χ1n) is 5.65. The zero-order chi connectivity index (χ0) is 8.89. The standard InChI is InChI=1S/C11H19NO/c1-9-4-5-13-11(6-9)7-12(8-11)10-2-3-10/h9-10H,2-8H2,1H3/t9-/m0/s1. The van der Waals surface area contributed by atoms with Crippen LogP contribution in [0, 0.1) is 5.92 Å². The number of nitrogens with zero attached hydrogens (tertiary/aromatic N) is 1. The van der Waals surface area contributed by atoms with Crippen molar-refractivity contribution in [1.82, 2.24) is 4.90 Å². The SMILES string of the molecule is C[C@H]1CCOC2(C1)CN(C1CC1)C2. The molecular formula is C11H19NO. The van der Waals surface area contributed by atoms with Crippen molar-refractivity contribution in [3.63, 3.8) is 0 Å². The molecule has 2 heterocycles. The van der Waals surface area contributed by atoms with Gasteiger partial charge in [0.25, 0.3) is 0 Å². The largest absolute Gasteiger partial charge is 0.372 e. The molecule has 13 heavy (non-hydrogen) atoms. The average molecular weight is 181 g/mol. The predicted octanol–water partition coefficient (Wildman–Crippen LogP) is 1.65. The van der Waals surface area contributed by atoms with Crippen LogP contribution in [-0.2, 0) is 4.74 Å². The van der Waals surface area contributed by atoms with Gasteiger partial charge in [0.15, 0.2) is 0 Å². The predicted molar refractivity (Wildman–Crippen MR) is 51.7 cm³/mol. The Labute approximate surface area is 80.2 Å². The summed E-state index contributed by atoms with van der Waals surface area (Å²) in [6.45, 7) is 5.81. The topological polar surface area (TPSA) is 12.5 Å². The van der Waals surface area contributed by atoms with Crippen molar-refractivity contribution < 1.29 is 4.74 Å². The van der Waals surface area contributed by atoms with Crippen LogP contribution in [0.25, 0.3) is 0 Å². The maximum absolute atomic E-state index is 5.94. The highest BCUT2D eigenvalue weighted by Crippen LogP contribution is 2.41. The lowest BCUT2D eigenvalue weighted by atomic mass is 9.81. The third kappa shape index (κ3) is 1.40. The number of hydrogen-bond acceptors (Lipinski definition) is 2. The van der Waals surface area contributed by atoms with E-state index in [1.165, 1.54) is 38.8 Å². The fourth-order valence-corrected chi connectivity index (χ4v) is 2.88. The minimum atomic E-state index is 0.292. The Balaban J connectivity index is 1.58. The molecule has 3 rings (SSSR count). The summed E-state index contributed by atoms with van der Waals surface area (Å²) in [7, 11) is 0. The Hall–Kier alpha value is -0.0800. The molecule has 0 aromatic heterocycles. The van der Waals surface area contributed by atoms with Crippen LogP contribution in [0.4, 0.5) is 0 Å². The molecule has 0 unspecified atom stereocenters. The van der Waals surface area contributed by atoms with E-state index in [1.54, 1.807) is 0 Å². The number of ether oxygens (including phenoxy) is 1. The molecular weight excluding hydrogens is 162 g/mol. The number of likely N-dealkylation sites (tertiary alicyclic amines) is 1. The zero-order valence-corrected chi connectivity index (χ0v) is 8.46. The zero-order valence-electron chi connectivity index (χ0n) is 8.46. The lowest BCUT2D eigenvalue weighted by Crippen LogP contribution is -2.65. The molecule has 0 amide bonds. The van der Waals surface area contributed by atoms with Crippen LogP contribution in [0.3, 0.4) is 0 Å². The number of hydrogen-bond donors (Lipinski definition) is 0. The van der Waals surface area contributed by atoms with Crippen LogP contribution in [0.5, 0.6) is 0 Å². The van der Waals surface area contributed by atoms with E-state index in [0.717, 1.165) is 18.6 Å². The molecule has 3 aliphatic rings. The Kier molecular flexibility index (Phi) is 1.72. The molecule has 1 aliphatic carbocycles. The molecule has 0 bridgehead atoms. The summed E-state index contributed by atoms with van der Waals surface area (Å²) in [6.07, 6.45) is 5.44. The second-order valence-electron chi connectivity index (χ2n) is 5.27. The molecule has 1 spiro atoms. The number of rotatable bonds is 1. The van der Waals surface area contributed by atoms with Gasteiger partial charge >= 0.3 is 0 Å². The van der Waals surface area contributed by atoms with Crippen molar-refractivity contribution in [2.45, 2.75) is 44.2 Å². The average Bonchev–Trinajstić information content (AvgIpc) is 2.82. The van der Waals surface area contributed by atoms with E-state index >= 15 is 0 Å². The van der Waals surface area contributed by atoms with Gasteiger partial charge in [-0.2, -0.15) is 0 Å². The Morgan fingerprint density at radius 3 is 2.62 bits per heavy atom. The molecule has 2 heteroatoms. The van der Waals surface area contributed by atoms with Crippen molar-refractivity contribution in [3.05, 3.63) is 0 Å². The molecule has 2 saturated heterocycles. The monoisotopic (exact) mass is 181 g/mol. The van der Waals surface area contributed by atoms with E-state index in [2.05, 4.69) is 11.8 Å². The normalized spacial score (nSPS) is 39.0. The molecule has 74 valence electrons. The summed E-state index contributed by atoms with van der Waals surface area (Å²) < 4.78 is 5.94. The minimum Gasteiger partial charge on any atom is -0.372 e. The first-order chi connectivity index (χ1) is 6.27. The van der Waals surface area contributed by atoms with E-state index in [4.69, 9.17) is 4.74 Å². The van der Waals surface area contributed by atoms with Crippen molar-refractivity contribution in [3.8, 4) is 0 Å². The molecule has 0 aromatic carbocycles. The first kappa shape index (κ1) is 8.25. The summed E-state index contributed by atoms with van der Waals surface area (Å²) in [5, 5.41) is 0. The summed E-state index contributed by atoms with van der Waals surface area (Å²) >= 11 is 0. The van der Waals surface area contributed by atoms with E-state index in [0.29, 0.717) is 5.60 Å². The van der Waals surface area contributed by atoms with Crippen LogP contribution < -0.4 is 0 Å². The van der Waals surface area contributed by atoms with Gasteiger partial charge < -0.3 is 4.74 Å². The van der Waals surface area contributed by atoms with Crippen LogP contribution >= 0.6 is 0 Å². The Morgan fingerprint density at radius 1 is 1.23 bits per heavy atom. The van der Waals surface area contributed by atoms with E-state index in [-0.39, 0.29) is 0 Å². The molecule has 1 saturated carbocycles. The molecule has 0 radical (unpaired) electrons. The third-order valence-electron chi connectivity index (χ3n) is 3.79. The summed E-state index contributed by atoms with van der Waals surface area (Å²) in [5.74, 6) is 0.884. The highest BCUT2D eigenvalue weighted by Gasteiger charge is 2.50. The van der Waals surface area contributed by atoms with E-state index in [9.17, 15) is 0 Å². The van der Waals surface area contributed by atoms with Crippen LogP contribution in [-0.4, -0.2) is 36.2 Å². The summed E-state index contributed by atoms with van der Waals surface area (Å²) in [4.78, 5) is 2.61. The molecule has 0 aromatic rings. The van der Waals surface area contributed by atoms with Gasteiger partial charge in [-0.1, -0.05) is 6.92 Å². The second-order valence-corrected chi connectivity index (χ2v) is 5.27. The minimum absolute atomic E-state index is 0.292. The summed E-state index contributed by atoms with van der Waals surface area (Å²) in [6, 6.07) is 0.937. The van der Waals surface area contributed by atoms with Gasteiger partial charge in [-0.25, -0.2) is 0 Å². The van der Waals surface area contributed by atoms with Crippen LogP contribution in [0.15, 0.2) is 0 Å². The maximum Gasteiger partial charge on any atom is 0.0937 e. The fourth-order valence-electron chi connectivity index (χ4n) is 2.88. The Morgan fingerprint density at radius 2 is 2.00 bits per heavy atom. The van der Waals surface area contributed by atoms with Crippen molar-refractivity contribution in [2.24, 2.45) is 5.92 Å². The fraction of sp³-hybridized carbons (Fsp3) is 1.00. The van der Waals surface area contributed by atoms with Gasteiger partial charge in [0.1, 0.15) is 0 Å². The highest BCUT2D eigenvalue weighted by atomic mass is 16.5. The quantitative estimate of drug-likeness (QED) is 0.610. The van der Waals surface area contributed by atoms with Gasteiger partial charge in [0, 0.05) is 25.7 Å². The lowest BCUT2D eigenvalue weighted by molar-refractivity contribution is -0.179. The van der Waals surface area contributed by atoms with Crippen LogP contribution in [0.1, 0.15) is 32.6 Å². The van der Waals surface area contributed by atoms with Gasteiger partial charge in [0.2, 0.25) is 0 Å². The summed E-state index contributed by atoms with van der Waals surface area (Å²) in [5.41, 5.74) is 0.292. The molecule has 2 nitrogen and oxygen atoms in total. The van der Waals surface area contributed by atoms with Crippen molar-refractivity contribution >= 4 is 0 Å². The smallest absolute Gasteiger partial charge is 0.0937 e. The highest BCUT2D eigenvalue weighted by molar-refractivity contribution is 5.04. The second kappa shape index (κ2) is 2.71. The van der Waals surface area contributed by atoms with Crippen LogP contribution in [0.2, 0.25) is 0 Å². The molecule has 0 N–H and O–H groups in total. The third-order valence-corrected chi connectivity index (χ3v) is 3.79. The van der Waals surface area contributed by atoms with Gasteiger partial charge in [-0.3, -0.25) is 4.90 Å². The van der Waals surface area contributed by atoms with E-state index in [1.807, 2.05) is 0 Å². The van der Waals surface area contributed by atoms with Gasteiger partial charge in [-0.15, -0.1) is 0 Å². The van der Waals surface area contributed by atoms with Crippen molar-refractivity contribution in [2.75, 3.05) is 19.7 Å². The molecule has 3 fully saturated rings. The molecule has 1 atom stereocenters. The lowest BCUT2D eigenvalue weighted by Gasteiger charge is -2.53. The molecule has 2 aliphatic heterocycles. The maximum atomic E-state index is 5.94. The van der Waals surface area contributed by atoms with Gasteiger partial charge in [-0.05, 0) is 31.6 Å². The van der Waals surface area contributed by atoms with E-state index < -0.39 is 0 Å². The first-order valence-corrected chi connectivity index (χ1v) is 5.65. The van der Waals surface area contributed by atoms with Gasteiger partial charge in [0.05, 0.1) is 5.60 Å². The Bertz CT molecular complexity index is 206. The van der Waals surface area contributed by atoms with Crippen molar-refractivity contribution in [1.29, 1.82) is 0 Å².